The molecule has 0 aromatic carbocycles. The molecule has 1 amide bonds. The predicted molar refractivity (Wildman–Crippen MR) is 69.8 cm³/mol. The van der Waals surface area contributed by atoms with Gasteiger partial charge in [0.15, 0.2) is 0 Å². The van der Waals surface area contributed by atoms with Gasteiger partial charge in [-0.15, -0.1) is 0 Å². The minimum atomic E-state index is 0.0587. The lowest BCUT2D eigenvalue weighted by molar-refractivity contribution is -0.121. The van der Waals surface area contributed by atoms with Crippen molar-refractivity contribution in [2.24, 2.45) is 17.6 Å². The Morgan fingerprint density at radius 1 is 1.35 bits per heavy atom. The molecule has 17 heavy (non-hydrogen) atoms. The minimum absolute atomic E-state index is 0.0587. The minimum Gasteiger partial charge on any atom is -0.383 e. The highest BCUT2D eigenvalue weighted by atomic mass is 16.5. The zero-order valence-electron chi connectivity index (χ0n) is 11.3. The Balaban J connectivity index is 3.46. The molecule has 0 aromatic rings. The van der Waals surface area contributed by atoms with E-state index in [1.54, 1.807) is 7.11 Å². The van der Waals surface area contributed by atoms with Crippen LogP contribution in [-0.2, 0) is 9.53 Å². The van der Waals surface area contributed by atoms with E-state index in [0.29, 0.717) is 44.5 Å². The number of hydrogen-bond acceptors (Lipinski definition) is 4. The maximum Gasteiger partial charge on any atom is 0.221 e. The van der Waals surface area contributed by atoms with Crippen LogP contribution in [0.5, 0.6) is 0 Å². The largest absolute Gasteiger partial charge is 0.383 e. The highest BCUT2D eigenvalue weighted by molar-refractivity contribution is 5.75. The fourth-order valence-corrected chi connectivity index (χ4v) is 1.46. The van der Waals surface area contributed by atoms with Gasteiger partial charge in [0, 0.05) is 26.6 Å². The molecule has 0 heterocycles. The van der Waals surface area contributed by atoms with E-state index in [9.17, 15) is 4.79 Å². The number of nitrogens with two attached hydrogens (primary N) is 1. The first-order valence-electron chi connectivity index (χ1n) is 6.28. The molecule has 1 atom stereocenters. The summed E-state index contributed by atoms with van der Waals surface area (Å²) >= 11 is 0. The summed E-state index contributed by atoms with van der Waals surface area (Å²) in [6, 6.07) is 0. The third-order valence-electron chi connectivity index (χ3n) is 2.81. The molecule has 0 spiro atoms. The van der Waals surface area contributed by atoms with Gasteiger partial charge in [0.1, 0.15) is 0 Å². The first-order chi connectivity index (χ1) is 8.11. The van der Waals surface area contributed by atoms with Crippen molar-refractivity contribution in [2.45, 2.75) is 20.3 Å². The van der Waals surface area contributed by atoms with Crippen LogP contribution in [0.15, 0.2) is 0 Å². The Kier molecular flexibility index (Phi) is 10.1. The average Bonchev–Trinajstić information content (AvgIpc) is 2.29. The van der Waals surface area contributed by atoms with Gasteiger partial charge in [0.25, 0.3) is 0 Å². The third-order valence-corrected chi connectivity index (χ3v) is 2.81. The maximum atomic E-state index is 11.3. The molecular formula is C12H27N3O2. The molecular weight excluding hydrogens is 218 g/mol. The van der Waals surface area contributed by atoms with Gasteiger partial charge in [-0.25, -0.2) is 0 Å². The summed E-state index contributed by atoms with van der Waals surface area (Å²) in [5.41, 5.74) is 5.66. The smallest absolute Gasteiger partial charge is 0.221 e. The molecule has 5 heteroatoms. The van der Waals surface area contributed by atoms with Gasteiger partial charge in [-0.3, -0.25) is 4.79 Å². The summed E-state index contributed by atoms with van der Waals surface area (Å²) in [5, 5.41) is 6.05. The van der Waals surface area contributed by atoms with Gasteiger partial charge in [0.2, 0.25) is 5.91 Å². The van der Waals surface area contributed by atoms with E-state index in [-0.39, 0.29) is 5.91 Å². The zero-order chi connectivity index (χ0) is 13.1. The van der Waals surface area contributed by atoms with Crippen LogP contribution in [0.3, 0.4) is 0 Å². The predicted octanol–water partition coefficient (Wildman–Crippen LogP) is -0.0404. The van der Waals surface area contributed by atoms with E-state index in [1.165, 1.54) is 0 Å². The van der Waals surface area contributed by atoms with Gasteiger partial charge >= 0.3 is 0 Å². The Morgan fingerprint density at radius 3 is 2.59 bits per heavy atom. The topological polar surface area (TPSA) is 76.4 Å². The lowest BCUT2D eigenvalue weighted by Gasteiger charge is -2.19. The SMILES string of the molecule is COCCNC(=O)CCNCC(CN)C(C)C. The normalized spacial score (nSPS) is 12.8. The summed E-state index contributed by atoms with van der Waals surface area (Å²) in [7, 11) is 1.62. The van der Waals surface area contributed by atoms with Crippen molar-refractivity contribution in [3.63, 3.8) is 0 Å². The average molecular weight is 245 g/mol. The molecule has 0 bridgehead atoms. The van der Waals surface area contributed by atoms with E-state index in [4.69, 9.17) is 10.5 Å². The first-order valence-corrected chi connectivity index (χ1v) is 6.28. The van der Waals surface area contributed by atoms with Crippen molar-refractivity contribution in [1.29, 1.82) is 0 Å². The molecule has 102 valence electrons. The van der Waals surface area contributed by atoms with E-state index < -0.39 is 0 Å². The molecule has 0 aromatic heterocycles. The third kappa shape index (κ3) is 9.09. The molecule has 0 saturated carbocycles. The molecule has 0 aliphatic carbocycles. The number of rotatable bonds is 10. The fraction of sp³-hybridized carbons (Fsp3) is 0.917. The van der Waals surface area contributed by atoms with Crippen molar-refractivity contribution in [3.8, 4) is 0 Å². The summed E-state index contributed by atoms with van der Waals surface area (Å²) in [4.78, 5) is 11.3. The molecule has 0 radical (unpaired) electrons. The van der Waals surface area contributed by atoms with E-state index in [2.05, 4.69) is 24.5 Å². The lowest BCUT2D eigenvalue weighted by Crippen LogP contribution is -2.34. The van der Waals surface area contributed by atoms with Gasteiger partial charge in [-0.05, 0) is 24.9 Å². The number of methoxy groups -OCH3 is 1. The van der Waals surface area contributed by atoms with Crippen LogP contribution < -0.4 is 16.4 Å². The Hall–Kier alpha value is -0.650. The second-order valence-electron chi connectivity index (χ2n) is 4.54. The number of carbonyl (C=O) groups excluding carboxylic acids is 1. The molecule has 0 aliphatic rings. The number of amides is 1. The summed E-state index contributed by atoms with van der Waals surface area (Å²) in [5.74, 6) is 1.11. The zero-order valence-corrected chi connectivity index (χ0v) is 11.3. The van der Waals surface area contributed by atoms with Crippen molar-refractivity contribution < 1.29 is 9.53 Å². The highest BCUT2D eigenvalue weighted by Gasteiger charge is 2.10. The Bertz CT molecular complexity index is 198. The van der Waals surface area contributed by atoms with E-state index >= 15 is 0 Å². The van der Waals surface area contributed by atoms with Crippen molar-refractivity contribution >= 4 is 5.91 Å². The summed E-state index contributed by atoms with van der Waals surface area (Å²) in [6.45, 7) is 7.72. The lowest BCUT2D eigenvalue weighted by atomic mass is 9.96. The van der Waals surface area contributed by atoms with Crippen LogP contribution in [0.1, 0.15) is 20.3 Å². The molecule has 5 nitrogen and oxygen atoms in total. The van der Waals surface area contributed by atoms with E-state index in [1.807, 2.05) is 0 Å². The van der Waals surface area contributed by atoms with Crippen molar-refractivity contribution in [2.75, 3.05) is 39.9 Å². The van der Waals surface area contributed by atoms with Gasteiger partial charge in [-0.1, -0.05) is 13.8 Å². The van der Waals surface area contributed by atoms with Crippen LogP contribution >= 0.6 is 0 Å². The van der Waals surface area contributed by atoms with Gasteiger partial charge in [0.05, 0.1) is 6.61 Å². The van der Waals surface area contributed by atoms with Crippen molar-refractivity contribution in [1.82, 2.24) is 10.6 Å². The summed E-state index contributed by atoms with van der Waals surface area (Å²) < 4.78 is 4.85. The van der Waals surface area contributed by atoms with Crippen molar-refractivity contribution in [3.05, 3.63) is 0 Å². The molecule has 0 aliphatic heterocycles. The second kappa shape index (κ2) is 10.5. The summed E-state index contributed by atoms with van der Waals surface area (Å²) in [6.07, 6.45) is 0.499. The van der Waals surface area contributed by atoms with Crippen LogP contribution in [0, 0.1) is 11.8 Å². The number of hydrogen-bond donors (Lipinski definition) is 3. The quantitative estimate of drug-likeness (QED) is 0.472. The first kappa shape index (κ1) is 16.4. The molecule has 1 unspecified atom stereocenters. The maximum absolute atomic E-state index is 11.3. The van der Waals surface area contributed by atoms with Crippen LogP contribution in [0.2, 0.25) is 0 Å². The van der Waals surface area contributed by atoms with Crippen LogP contribution in [0.4, 0.5) is 0 Å². The van der Waals surface area contributed by atoms with Gasteiger partial charge in [-0.2, -0.15) is 0 Å². The monoisotopic (exact) mass is 245 g/mol. The molecule has 0 saturated heterocycles. The van der Waals surface area contributed by atoms with Crippen LogP contribution in [0.25, 0.3) is 0 Å². The number of carbonyl (C=O) groups is 1. The molecule has 4 N–H and O–H groups in total. The fourth-order valence-electron chi connectivity index (χ4n) is 1.46. The standard InChI is InChI=1S/C12H27N3O2/c1-10(2)11(8-13)9-14-5-4-12(16)15-6-7-17-3/h10-11,14H,4-9,13H2,1-3H3,(H,15,16). The molecule has 0 fully saturated rings. The number of ether oxygens (including phenoxy) is 1. The Morgan fingerprint density at radius 2 is 2.06 bits per heavy atom. The second-order valence-corrected chi connectivity index (χ2v) is 4.54. The van der Waals surface area contributed by atoms with Gasteiger partial charge < -0.3 is 21.1 Å². The Labute approximate surface area is 104 Å². The molecule has 0 rings (SSSR count). The van der Waals surface area contributed by atoms with Crippen LogP contribution in [-0.4, -0.2) is 45.8 Å². The van der Waals surface area contributed by atoms with E-state index in [0.717, 1.165) is 6.54 Å². The number of nitrogens with one attached hydrogen (secondary N) is 2. The highest BCUT2D eigenvalue weighted by Crippen LogP contribution is 2.06.